The van der Waals surface area contributed by atoms with Crippen LogP contribution in [0.25, 0.3) is 0 Å². The summed E-state index contributed by atoms with van der Waals surface area (Å²) in [4.78, 5) is 13.8. The van der Waals surface area contributed by atoms with Gasteiger partial charge in [0.15, 0.2) is 6.61 Å². The van der Waals surface area contributed by atoms with E-state index in [0.717, 1.165) is 41.9 Å². The monoisotopic (exact) mass is 396 g/mol. The Balaban J connectivity index is 0.00000180. The van der Waals surface area contributed by atoms with Gasteiger partial charge >= 0.3 is 0 Å². The largest absolute Gasteiger partial charge is 0.484 e. The highest BCUT2D eigenvalue weighted by molar-refractivity contribution is 14.1. The average molecular weight is 397 g/mol. The van der Waals surface area contributed by atoms with Gasteiger partial charge in [0.25, 0.3) is 5.91 Å². The van der Waals surface area contributed by atoms with Gasteiger partial charge in [0.05, 0.1) is 0 Å². The molecule has 0 bridgehead atoms. The summed E-state index contributed by atoms with van der Waals surface area (Å²) in [5.74, 6) is 0.814. The Morgan fingerprint density at radius 2 is 2.00 bits per heavy atom. The lowest BCUT2D eigenvalue weighted by Crippen LogP contribution is -2.37. The molecule has 1 aliphatic heterocycles. The molecule has 19 heavy (non-hydrogen) atoms. The van der Waals surface area contributed by atoms with E-state index in [1.54, 1.807) is 0 Å². The molecule has 0 saturated carbocycles. The van der Waals surface area contributed by atoms with Crippen molar-refractivity contribution in [2.24, 2.45) is 0 Å². The molecule has 6 heteroatoms. The van der Waals surface area contributed by atoms with Crippen LogP contribution < -0.4 is 10.1 Å². The van der Waals surface area contributed by atoms with Gasteiger partial charge in [0.2, 0.25) is 0 Å². The van der Waals surface area contributed by atoms with Crippen molar-refractivity contribution in [3.05, 3.63) is 27.8 Å². The molecular formula is C13H18ClIN2O2. The number of rotatable bonds is 3. The number of amides is 1. The van der Waals surface area contributed by atoms with Crippen LogP contribution in [0.4, 0.5) is 0 Å². The molecule has 0 unspecified atom stereocenters. The topological polar surface area (TPSA) is 41.6 Å². The van der Waals surface area contributed by atoms with Crippen molar-refractivity contribution in [1.29, 1.82) is 0 Å². The summed E-state index contributed by atoms with van der Waals surface area (Å²) >= 11 is 2.24. The van der Waals surface area contributed by atoms with Crippen LogP contribution in [0.1, 0.15) is 6.42 Å². The van der Waals surface area contributed by atoms with E-state index >= 15 is 0 Å². The maximum atomic E-state index is 12.0. The van der Waals surface area contributed by atoms with Crippen molar-refractivity contribution in [3.8, 4) is 5.75 Å². The van der Waals surface area contributed by atoms with Gasteiger partial charge in [-0.15, -0.1) is 12.4 Å². The molecule has 0 atom stereocenters. The Kier molecular flexibility index (Phi) is 7.48. The maximum Gasteiger partial charge on any atom is 0.260 e. The molecule has 4 nitrogen and oxygen atoms in total. The quantitative estimate of drug-likeness (QED) is 0.794. The second-order valence-corrected chi connectivity index (χ2v) is 5.47. The molecule has 1 N–H and O–H groups in total. The van der Waals surface area contributed by atoms with Gasteiger partial charge in [0, 0.05) is 23.2 Å². The van der Waals surface area contributed by atoms with Gasteiger partial charge in [-0.2, -0.15) is 0 Å². The third kappa shape index (κ3) is 5.54. The van der Waals surface area contributed by atoms with Gasteiger partial charge in [0.1, 0.15) is 5.75 Å². The normalized spacial score (nSPS) is 15.3. The minimum Gasteiger partial charge on any atom is -0.484 e. The molecule has 1 saturated heterocycles. The number of halogens is 2. The highest BCUT2D eigenvalue weighted by Crippen LogP contribution is 2.13. The summed E-state index contributed by atoms with van der Waals surface area (Å²) in [6.07, 6.45) is 1.01. The highest BCUT2D eigenvalue weighted by Gasteiger charge is 2.15. The standard InChI is InChI=1S/C13H17IN2O2.ClH/c14-11-2-4-12(5-3-11)18-10-13(17)16-8-1-6-15-7-9-16;/h2-5,15H,1,6-10H2;1H. The van der Waals surface area contributed by atoms with Crippen LogP contribution in [0.2, 0.25) is 0 Å². The summed E-state index contributed by atoms with van der Waals surface area (Å²) in [7, 11) is 0. The lowest BCUT2D eigenvalue weighted by molar-refractivity contribution is -0.133. The second kappa shape index (κ2) is 8.60. The maximum absolute atomic E-state index is 12.0. The first-order valence-electron chi connectivity index (χ1n) is 6.12. The third-order valence-electron chi connectivity index (χ3n) is 2.87. The van der Waals surface area contributed by atoms with Gasteiger partial charge < -0.3 is 15.0 Å². The second-order valence-electron chi connectivity index (χ2n) is 4.23. The number of carbonyl (C=O) groups excluding carboxylic acids is 1. The smallest absolute Gasteiger partial charge is 0.260 e. The van der Waals surface area contributed by atoms with Crippen LogP contribution in [-0.4, -0.2) is 43.6 Å². The van der Waals surface area contributed by atoms with Crippen LogP contribution in [0, 0.1) is 3.57 Å². The van der Waals surface area contributed by atoms with Crippen LogP contribution in [0.15, 0.2) is 24.3 Å². The molecule has 1 amide bonds. The van der Waals surface area contributed by atoms with Crippen molar-refractivity contribution < 1.29 is 9.53 Å². The SMILES string of the molecule is Cl.O=C(COc1ccc(I)cc1)N1CCCNCC1. The number of nitrogens with one attached hydrogen (secondary N) is 1. The zero-order valence-corrected chi connectivity index (χ0v) is 13.6. The summed E-state index contributed by atoms with van der Waals surface area (Å²) in [5.41, 5.74) is 0. The molecule has 0 radical (unpaired) electrons. The number of carbonyl (C=O) groups is 1. The van der Waals surface area contributed by atoms with Gasteiger partial charge in [-0.25, -0.2) is 0 Å². The molecule has 0 aromatic heterocycles. The molecule has 1 aromatic rings. The Labute approximate surface area is 133 Å². The first kappa shape index (κ1) is 16.5. The lowest BCUT2D eigenvalue weighted by atomic mass is 10.3. The Morgan fingerprint density at radius 1 is 1.26 bits per heavy atom. The zero-order valence-electron chi connectivity index (χ0n) is 10.6. The molecule has 1 heterocycles. The van der Waals surface area contributed by atoms with E-state index in [1.807, 2.05) is 29.2 Å². The summed E-state index contributed by atoms with van der Waals surface area (Å²) in [6.45, 7) is 3.58. The molecule has 1 aliphatic rings. The van der Waals surface area contributed by atoms with E-state index in [-0.39, 0.29) is 24.9 Å². The number of ether oxygens (including phenoxy) is 1. The van der Waals surface area contributed by atoms with Gasteiger partial charge in [-0.1, -0.05) is 0 Å². The van der Waals surface area contributed by atoms with Crippen molar-refractivity contribution >= 4 is 40.9 Å². The van der Waals surface area contributed by atoms with Crippen molar-refractivity contribution in [3.63, 3.8) is 0 Å². The average Bonchev–Trinajstić information content (AvgIpc) is 2.66. The predicted molar refractivity (Wildman–Crippen MR) is 86.0 cm³/mol. The van der Waals surface area contributed by atoms with Gasteiger partial charge in [-0.05, 0) is 59.8 Å². The summed E-state index contributed by atoms with van der Waals surface area (Å²) in [5, 5.41) is 3.28. The molecule has 106 valence electrons. The number of hydrogen-bond donors (Lipinski definition) is 1. The van der Waals surface area contributed by atoms with Crippen LogP contribution >= 0.6 is 35.0 Å². The fraction of sp³-hybridized carbons (Fsp3) is 0.462. The van der Waals surface area contributed by atoms with Crippen LogP contribution in [-0.2, 0) is 4.79 Å². The highest BCUT2D eigenvalue weighted by atomic mass is 127. The van der Waals surface area contributed by atoms with Crippen LogP contribution in [0.3, 0.4) is 0 Å². The van der Waals surface area contributed by atoms with E-state index in [0.29, 0.717) is 0 Å². The molecule has 0 spiro atoms. The van der Waals surface area contributed by atoms with E-state index in [1.165, 1.54) is 0 Å². The van der Waals surface area contributed by atoms with Crippen LogP contribution in [0.5, 0.6) is 5.75 Å². The van der Waals surface area contributed by atoms with E-state index < -0.39 is 0 Å². The van der Waals surface area contributed by atoms with Crippen molar-refractivity contribution in [1.82, 2.24) is 10.2 Å². The fourth-order valence-electron chi connectivity index (χ4n) is 1.86. The summed E-state index contributed by atoms with van der Waals surface area (Å²) < 4.78 is 6.66. The van der Waals surface area contributed by atoms with E-state index in [4.69, 9.17) is 4.74 Å². The minimum absolute atomic E-state index is 0. The Hall–Kier alpha value is -0.530. The number of nitrogens with zero attached hydrogens (tertiary/aromatic N) is 1. The van der Waals surface area contributed by atoms with E-state index in [9.17, 15) is 4.79 Å². The molecule has 1 fully saturated rings. The number of benzene rings is 1. The Morgan fingerprint density at radius 3 is 2.74 bits per heavy atom. The lowest BCUT2D eigenvalue weighted by Gasteiger charge is -2.19. The molecule has 2 rings (SSSR count). The first-order valence-corrected chi connectivity index (χ1v) is 7.20. The minimum atomic E-state index is 0. The number of hydrogen-bond acceptors (Lipinski definition) is 3. The molecular weight excluding hydrogens is 379 g/mol. The predicted octanol–water partition coefficient (Wildman–Crippen LogP) is 1.91. The molecule has 1 aromatic carbocycles. The zero-order chi connectivity index (χ0) is 12.8. The van der Waals surface area contributed by atoms with Gasteiger partial charge in [-0.3, -0.25) is 4.79 Å². The summed E-state index contributed by atoms with van der Waals surface area (Å²) in [6, 6.07) is 7.71. The fourth-order valence-corrected chi connectivity index (χ4v) is 2.22. The van der Waals surface area contributed by atoms with Crippen molar-refractivity contribution in [2.45, 2.75) is 6.42 Å². The van der Waals surface area contributed by atoms with Crippen molar-refractivity contribution in [2.75, 3.05) is 32.8 Å². The first-order chi connectivity index (χ1) is 8.75. The third-order valence-corrected chi connectivity index (χ3v) is 3.59. The molecule has 0 aliphatic carbocycles. The van der Waals surface area contributed by atoms with E-state index in [2.05, 4.69) is 27.9 Å². The Bertz CT molecular complexity index is 392.